The van der Waals surface area contributed by atoms with Gasteiger partial charge >= 0.3 is 5.91 Å². The summed E-state index contributed by atoms with van der Waals surface area (Å²) in [6.45, 7) is 0. The summed E-state index contributed by atoms with van der Waals surface area (Å²) in [7, 11) is 0. The molecule has 0 unspecified atom stereocenters. The second-order valence-corrected chi connectivity index (χ2v) is 5.62. The second kappa shape index (κ2) is 5.23. The summed E-state index contributed by atoms with van der Waals surface area (Å²) in [5.41, 5.74) is 4.53. The Labute approximate surface area is 120 Å². The van der Waals surface area contributed by atoms with E-state index >= 15 is 0 Å². The first kappa shape index (κ1) is 13.7. The van der Waals surface area contributed by atoms with Crippen molar-refractivity contribution in [2.75, 3.05) is 0 Å². The van der Waals surface area contributed by atoms with Gasteiger partial charge in [0, 0.05) is 11.9 Å². The number of nitrogens with one attached hydrogen (secondary N) is 2. The summed E-state index contributed by atoms with van der Waals surface area (Å²) in [6, 6.07) is 3.02. The highest BCUT2D eigenvalue weighted by atomic mass is 16.4. The lowest BCUT2D eigenvalue weighted by molar-refractivity contribution is -0.314. The Morgan fingerprint density at radius 3 is 2.48 bits per heavy atom. The van der Waals surface area contributed by atoms with E-state index in [1.807, 2.05) is 0 Å². The zero-order valence-electron chi connectivity index (χ0n) is 11.2. The van der Waals surface area contributed by atoms with E-state index in [0.29, 0.717) is 0 Å². The van der Waals surface area contributed by atoms with Crippen LogP contribution in [0.15, 0.2) is 22.8 Å². The van der Waals surface area contributed by atoms with Gasteiger partial charge in [-0.1, -0.05) is 0 Å². The fourth-order valence-electron chi connectivity index (χ4n) is 3.68. The Kier molecular flexibility index (Phi) is 3.40. The average Bonchev–Trinajstić information content (AvgIpc) is 3.17. The van der Waals surface area contributed by atoms with Gasteiger partial charge in [-0.25, -0.2) is 0 Å². The fraction of sp³-hybridized carbons (Fsp3) is 0.500. The number of hydrazine groups is 1. The van der Waals surface area contributed by atoms with E-state index in [2.05, 4.69) is 10.9 Å². The third kappa shape index (κ3) is 2.39. The third-order valence-corrected chi connectivity index (χ3v) is 4.54. The van der Waals surface area contributed by atoms with E-state index in [9.17, 15) is 19.5 Å². The average molecular weight is 291 g/mol. The Morgan fingerprint density at radius 2 is 1.86 bits per heavy atom. The normalized spacial score (nSPS) is 30.1. The molecule has 21 heavy (non-hydrogen) atoms. The fourth-order valence-corrected chi connectivity index (χ4v) is 3.68. The number of carboxylic acid groups (broad SMARTS) is 1. The van der Waals surface area contributed by atoms with Crippen LogP contribution in [0.5, 0.6) is 0 Å². The molecule has 3 rings (SSSR count). The zero-order valence-corrected chi connectivity index (χ0v) is 11.2. The van der Waals surface area contributed by atoms with Gasteiger partial charge < -0.3 is 14.3 Å². The molecular formula is C14H15N2O5-. The van der Waals surface area contributed by atoms with E-state index < -0.39 is 29.6 Å². The van der Waals surface area contributed by atoms with E-state index in [0.717, 1.165) is 19.3 Å². The van der Waals surface area contributed by atoms with Gasteiger partial charge in [-0.05, 0) is 43.2 Å². The van der Waals surface area contributed by atoms with Gasteiger partial charge in [0.05, 0.1) is 12.2 Å². The molecule has 0 saturated heterocycles. The molecule has 0 aliphatic heterocycles. The van der Waals surface area contributed by atoms with Crippen LogP contribution in [0.25, 0.3) is 0 Å². The second-order valence-electron chi connectivity index (χ2n) is 5.62. The molecule has 0 radical (unpaired) electrons. The van der Waals surface area contributed by atoms with Crippen molar-refractivity contribution in [3.8, 4) is 0 Å². The minimum atomic E-state index is -1.18. The van der Waals surface area contributed by atoms with E-state index in [1.165, 1.54) is 12.3 Å². The summed E-state index contributed by atoms with van der Waals surface area (Å²) < 4.78 is 4.89. The summed E-state index contributed by atoms with van der Waals surface area (Å²) >= 11 is 0. The lowest BCUT2D eigenvalue weighted by Gasteiger charge is -2.30. The van der Waals surface area contributed by atoms with Gasteiger partial charge in [-0.2, -0.15) is 0 Å². The molecule has 2 aliphatic rings. The Hall–Kier alpha value is -2.31. The minimum Gasteiger partial charge on any atom is -0.550 e. The third-order valence-electron chi connectivity index (χ3n) is 4.54. The van der Waals surface area contributed by atoms with Crippen molar-refractivity contribution in [2.24, 2.45) is 23.7 Å². The number of fused-ring (bicyclic) bond motifs is 2. The number of amides is 2. The van der Waals surface area contributed by atoms with Gasteiger partial charge in [-0.3, -0.25) is 20.4 Å². The van der Waals surface area contributed by atoms with E-state index in [-0.39, 0.29) is 17.6 Å². The molecule has 0 aromatic carbocycles. The van der Waals surface area contributed by atoms with Gasteiger partial charge in [0.25, 0.3) is 0 Å². The SMILES string of the molecule is O=C(NNC(=O)[C@H]1[C@@H]2CC[C@@H](C2)[C@@H]1C(=O)[O-])c1ccco1. The van der Waals surface area contributed by atoms with Gasteiger partial charge in [0.1, 0.15) is 0 Å². The van der Waals surface area contributed by atoms with Crippen LogP contribution in [0.2, 0.25) is 0 Å². The van der Waals surface area contributed by atoms with Crippen LogP contribution in [-0.4, -0.2) is 17.8 Å². The molecule has 4 atom stereocenters. The maximum absolute atomic E-state index is 12.2. The molecule has 2 aliphatic carbocycles. The molecule has 112 valence electrons. The number of aliphatic carboxylic acids is 1. The van der Waals surface area contributed by atoms with Gasteiger partial charge in [0.2, 0.25) is 5.91 Å². The summed E-state index contributed by atoms with van der Waals surface area (Å²) in [5, 5.41) is 11.2. The molecule has 2 saturated carbocycles. The van der Waals surface area contributed by atoms with Crippen molar-refractivity contribution in [1.82, 2.24) is 10.9 Å². The highest BCUT2D eigenvalue weighted by molar-refractivity contribution is 5.93. The van der Waals surface area contributed by atoms with Gasteiger partial charge in [-0.15, -0.1) is 0 Å². The monoisotopic (exact) mass is 291 g/mol. The predicted octanol–water partition coefficient (Wildman–Crippen LogP) is -0.547. The van der Waals surface area contributed by atoms with Crippen molar-refractivity contribution < 1.29 is 23.9 Å². The number of hydrogen-bond donors (Lipinski definition) is 2. The van der Waals surface area contributed by atoms with Crippen molar-refractivity contribution in [3.63, 3.8) is 0 Å². The molecule has 7 heteroatoms. The topological polar surface area (TPSA) is 111 Å². The number of furan rings is 1. The molecular weight excluding hydrogens is 276 g/mol. The van der Waals surface area contributed by atoms with Crippen LogP contribution in [0.3, 0.4) is 0 Å². The Bertz CT molecular complexity index is 568. The van der Waals surface area contributed by atoms with Crippen LogP contribution >= 0.6 is 0 Å². The first-order valence-electron chi connectivity index (χ1n) is 6.92. The molecule has 2 fully saturated rings. The van der Waals surface area contributed by atoms with E-state index in [4.69, 9.17) is 4.42 Å². The number of rotatable bonds is 3. The Morgan fingerprint density at radius 1 is 1.14 bits per heavy atom. The number of carbonyl (C=O) groups is 3. The summed E-state index contributed by atoms with van der Waals surface area (Å²) in [4.78, 5) is 35.1. The molecule has 0 spiro atoms. The van der Waals surface area contributed by atoms with E-state index in [1.54, 1.807) is 6.07 Å². The highest BCUT2D eigenvalue weighted by Crippen LogP contribution is 2.52. The number of carbonyl (C=O) groups excluding carboxylic acids is 3. The lowest BCUT2D eigenvalue weighted by Crippen LogP contribution is -2.50. The zero-order chi connectivity index (χ0) is 15.0. The molecule has 2 amide bonds. The summed E-state index contributed by atoms with van der Waals surface area (Å²) in [5.74, 6) is -3.50. The predicted molar refractivity (Wildman–Crippen MR) is 67.1 cm³/mol. The van der Waals surface area contributed by atoms with Crippen molar-refractivity contribution >= 4 is 17.8 Å². The van der Waals surface area contributed by atoms with Crippen LogP contribution in [0, 0.1) is 23.7 Å². The van der Waals surface area contributed by atoms with Crippen LogP contribution in [-0.2, 0) is 9.59 Å². The number of hydrogen-bond acceptors (Lipinski definition) is 5. The first-order valence-corrected chi connectivity index (χ1v) is 6.92. The molecule has 1 heterocycles. The summed E-state index contributed by atoms with van der Waals surface area (Å²) in [6.07, 6.45) is 3.76. The molecule has 2 N–H and O–H groups in total. The van der Waals surface area contributed by atoms with Gasteiger partial charge in [0.15, 0.2) is 5.76 Å². The van der Waals surface area contributed by atoms with Crippen molar-refractivity contribution in [1.29, 1.82) is 0 Å². The largest absolute Gasteiger partial charge is 0.550 e. The molecule has 1 aromatic rings. The smallest absolute Gasteiger partial charge is 0.305 e. The Balaban J connectivity index is 1.62. The lowest BCUT2D eigenvalue weighted by atomic mass is 9.79. The quantitative estimate of drug-likeness (QED) is 0.726. The van der Waals surface area contributed by atoms with Crippen molar-refractivity contribution in [3.05, 3.63) is 24.2 Å². The number of carboxylic acids is 1. The van der Waals surface area contributed by atoms with Crippen molar-refractivity contribution in [2.45, 2.75) is 19.3 Å². The van der Waals surface area contributed by atoms with Crippen LogP contribution in [0.1, 0.15) is 29.8 Å². The highest BCUT2D eigenvalue weighted by Gasteiger charge is 2.51. The van der Waals surface area contributed by atoms with Crippen LogP contribution < -0.4 is 16.0 Å². The maximum Gasteiger partial charge on any atom is 0.305 e. The van der Waals surface area contributed by atoms with Crippen LogP contribution in [0.4, 0.5) is 0 Å². The molecule has 7 nitrogen and oxygen atoms in total. The maximum atomic E-state index is 12.2. The minimum absolute atomic E-state index is 0.0107. The first-order chi connectivity index (χ1) is 10.1. The standard InChI is InChI=1S/C14H16N2O5/c17-12(9-2-1-5-21-9)15-16-13(18)10-7-3-4-8(6-7)11(10)14(19)20/h1-2,5,7-8,10-11H,3-4,6H2,(H,15,17)(H,16,18)(H,19,20)/p-1/t7-,8+,10+,11+/m1/s1. The molecule has 2 bridgehead atoms. The molecule has 1 aromatic heterocycles.